The molecular formula is C13H20Cl2NOTi. The van der Waals surface area contributed by atoms with E-state index in [1.54, 1.807) is 10.8 Å². The molecule has 1 N–H and O–H groups in total. The van der Waals surface area contributed by atoms with Crippen LogP contribution in [0.15, 0.2) is 20.6 Å². The molecule has 0 bridgehead atoms. The first kappa shape index (κ1) is 18.2. The minimum Gasteiger partial charge on any atom is -1.00 e. The summed E-state index contributed by atoms with van der Waals surface area (Å²) in [5.41, 5.74) is 4.08. The quantitative estimate of drug-likeness (QED) is 0.538. The van der Waals surface area contributed by atoms with E-state index in [-0.39, 0.29) is 36.3 Å². The molecule has 0 spiro atoms. The fourth-order valence-corrected chi connectivity index (χ4v) is 7.24. The second-order valence-electron chi connectivity index (χ2n) is 5.16. The molecule has 1 aliphatic carbocycles. The molecule has 1 heterocycles. The third-order valence-corrected chi connectivity index (χ3v) is 8.06. The van der Waals surface area contributed by atoms with Gasteiger partial charge in [-0.3, -0.25) is 0 Å². The molecule has 5 heteroatoms. The van der Waals surface area contributed by atoms with Gasteiger partial charge in [-0.25, -0.2) is 0 Å². The maximum absolute atomic E-state index is 11.4. The number of amides is 1. The van der Waals surface area contributed by atoms with Crippen LogP contribution in [-0.4, -0.2) is 11.4 Å². The SMILES string of the molecule is CC(=O)NC1(C)C(C)=C(C)C(C)=[C]1[Ti+2]1[CH2][CH2]1.[Cl-].[Cl-]. The molecule has 2 aliphatic rings. The molecule has 101 valence electrons. The van der Waals surface area contributed by atoms with Gasteiger partial charge in [-0.1, -0.05) is 0 Å². The molecule has 2 rings (SSSR count). The van der Waals surface area contributed by atoms with Crippen LogP contribution in [0.3, 0.4) is 0 Å². The van der Waals surface area contributed by atoms with Gasteiger partial charge in [0.2, 0.25) is 0 Å². The van der Waals surface area contributed by atoms with Crippen molar-refractivity contribution in [3.05, 3.63) is 20.6 Å². The zero-order chi connectivity index (χ0) is 12.1. The summed E-state index contributed by atoms with van der Waals surface area (Å²) in [6.45, 7) is 10.4. The van der Waals surface area contributed by atoms with Crippen molar-refractivity contribution in [2.45, 2.75) is 49.6 Å². The topological polar surface area (TPSA) is 29.1 Å². The molecule has 1 atom stereocenters. The first-order valence-electron chi connectivity index (χ1n) is 5.91. The largest absolute Gasteiger partial charge is 1.00 e. The van der Waals surface area contributed by atoms with Crippen LogP contribution in [0.25, 0.3) is 0 Å². The van der Waals surface area contributed by atoms with Crippen molar-refractivity contribution in [1.82, 2.24) is 5.32 Å². The van der Waals surface area contributed by atoms with Gasteiger partial charge >= 0.3 is 104 Å². The third kappa shape index (κ3) is 2.87. The van der Waals surface area contributed by atoms with Gasteiger partial charge in [0, 0.05) is 0 Å². The van der Waals surface area contributed by atoms with E-state index in [2.05, 4.69) is 33.0 Å². The molecule has 0 aromatic carbocycles. The second-order valence-corrected chi connectivity index (χ2v) is 9.39. The zero-order valence-electron chi connectivity index (χ0n) is 11.6. The van der Waals surface area contributed by atoms with E-state index in [1.807, 2.05) is 0 Å². The summed E-state index contributed by atoms with van der Waals surface area (Å²) >= 11 is -0.942. The first-order valence-corrected chi connectivity index (χ1v) is 8.90. The number of hydrogen-bond donors (Lipinski definition) is 1. The Morgan fingerprint density at radius 1 is 1.17 bits per heavy atom. The summed E-state index contributed by atoms with van der Waals surface area (Å²) in [4.78, 5) is 11.4. The number of hydrogen-bond acceptors (Lipinski definition) is 1. The molecule has 0 aromatic heterocycles. The van der Waals surface area contributed by atoms with E-state index in [0.717, 1.165) is 0 Å². The Balaban J connectivity index is 0.00000144. The predicted octanol–water partition coefficient (Wildman–Crippen LogP) is -3.02. The number of carbonyl (C=O) groups excluding carboxylic acids is 1. The van der Waals surface area contributed by atoms with Crippen molar-refractivity contribution in [2.75, 3.05) is 0 Å². The Bertz CT molecular complexity index is 427. The molecule has 2 nitrogen and oxygen atoms in total. The van der Waals surface area contributed by atoms with E-state index in [0.29, 0.717) is 0 Å². The molecule has 0 radical (unpaired) electrons. The van der Waals surface area contributed by atoms with Crippen LogP contribution in [0, 0.1) is 0 Å². The van der Waals surface area contributed by atoms with E-state index in [9.17, 15) is 4.79 Å². The molecule has 0 saturated carbocycles. The van der Waals surface area contributed by atoms with Gasteiger partial charge in [0.05, 0.1) is 0 Å². The molecule has 0 aromatic rings. The molecule has 18 heavy (non-hydrogen) atoms. The summed E-state index contributed by atoms with van der Waals surface area (Å²) in [5.74, 6) is 0.0845. The Morgan fingerprint density at radius 3 is 2.06 bits per heavy atom. The van der Waals surface area contributed by atoms with Gasteiger partial charge in [0.1, 0.15) is 0 Å². The molecule has 1 saturated heterocycles. The summed E-state index contributed by atoms with van der Waals surface area (Å²) in [7, 11) is 0. The third-order valence-electron chi connectivity index (χ3n) is 4.03. The van der Waals surface area contributed by atoms with Gasteiger partial charge in [-0.2, -0.15) is 0 Å². The monoisotopic (exact) mass is 324 g/mol. The van der Waals surface area contributed by atoms with Crippen molar-refractivity contribution >= 4 is 5.91 Å². The standard InChI is InChI=1S/C11H16NO.C2H4.2ClH.Ti/c1-7-6-11(5,12-10(4)13)9(3)8(7)2;1-2;;;/h1-5H3,(H,12,13);1-2H2;2*1H;/q;;;;+2/p-2. The van der Waals surface area contributed by atoms with Crippen LogP contribution >= 0.6 is 0 Å². The van der Waals surface area contributed by atoms with Crippen LogP contribution < -0.4 is 30.1 Å². The van der Waals surface area contributed by atoms with Crippen molar-refractivity contribution in [3.63, 3.8) is 0 Å². The predicted molar refractivity (Wildman–Crippen MR) is 62.9 cm³/mol. The number of carbonyl (C=O) groups is 1. The second kappa shape index (κ2) is 6.13. The zero-order valence-corrected chi connectivity index (χ0v) is 14.7. The van der Waals surface area contributed by atoms with Crippen LogP contribution in [0.5, 0.6) is 0 Å². The normalized spacial score (nSPS) is 25.7. The van der Waals surface area contributed by atoms with Crippen molar-refractivity contribution < 1.29 is 47.5 Å². The number of nitrogens with one attached hydrogen (secondary N) is 1. The Kier molecular flexibility index (Phi) is 6.21. The average Bonchev–Trinajstić information content (AvgIpc) is 2.95. The molecule has 1 aliphatic heterocycles. The van der Waals surface area contributed by atoms with Gasteiger partial charge in [0.25, 0.3) is 0 Å². The van der Waals surface area contributed by atoms with Crippen molar-refractivity contribution in [2.24, 2.45) is 0 Å². The summed E-state index contributed by atoms with van der Waals surface area (Å²) in [6, 6.07) is 0. The van der Waals surface area contributed by atoms with Gasteiger partial charge in [-0.15, -0.1) is 0 Å². The minimum atomic E-state index is -0.942. The molecule has 1 amide bonds. The van der Waals surface area contributed by atoms with Crippen LogP contribution in [0.4, 0.5) is 0 Å². The van der Waals surface area contributed by atoms with Crippen molar-refractivity contribution in [1.29, 1.82) is 0 Å². The van der Waals surface area contributed by atoms with Gasteiger partial charge < -0.3 is 24.8 Å². The van der Waals surface area contributed by atoms with Gasteiger partial charge in [-0.05, 0) is 0 Å². The fraction of sp³-hybridized carbons (Fsp3) is 0.615. The number of rotatable bonds is 2. The average molecular weight is 325 g/mol. The van der Waals surface area contributed by atoms with Crippen LogP contribution in [-0.2, 0) is 22.7 Å². The fourth-order valence-electron chi connectivity index (χ4n) is 2.85. The molecule has 1 unspecified atom stereocenters. The smallest absolute Gasteiger partial charge is 1.00 e. The summed E-state index contributed by atoms with van der Waals surface area (Å²) in [5, 5.41) is 3.19. The summed E-state index contributed by atoms with van der Waals surface area (Å²) < 4.78 is 4.52. The van der Waals surface area contributed by atoms with Crippen LogP contribution in [0.1, 0.15) is 34.6 Å². The first-order chi connectivity index (χ1) is 7.38. The Morgan fingerprint density at radius 2 is 1.67 bits per heavy atom. The number of halogens is 2. The van der Waals surface area contributed by atoms with E-state index in [1.165, 1.54) is 26.2 Å². The Labute approximate surface area is 128 Å². The molecular weight excluding hydrogens is 305 g/mol. The maximum atomic E-state index is 11.4. The maximum Gasteiger partial charge on any atom is -1.00 e. The minimum absolute atomic E-state index is 0. The van der Waals surface area contributed by atoms with E-state index in [4.69, 9.17) is 0 Å². The van der Waals surface area contributed by atoms with E-state index >= 15 is 0 Å². The van der Waals surface area contributed by atoms with Crippen molar-refractivity contribution in [3.8, 4) is 0 Å². The molecule has 1 fully saturated rings. The van der Waals surface area contributed by atoms with Crippen LogP contribution in [0.2, 0.25) is 9.45 Å². The van der Waals surface area contributed by atoms with Gasteiger partial charge in [0.15, 0.2) is 0 Å². The Hall–Kier alpha value is 0.244. The number of allylic oxidation sites excluding steroid dienone is 2. The summed E-state index contributed by atoms with van der Waals surface area (Å²) in [6.07, 6.45) is 0. The van der Waals surface area contributed by atoms with E-state index < -0.39 is 17.9 Å².